The minimum Gasteiger partial charge on any atom is -0.456 e. The molecule has 3 amide bonds. The number of fused-ring (bicyclic) bond motifs is 4. The Kier molecular flexibility index (Phi) is 10.4. The van der Waals surface area contributed by atoms with Crippen LogP contribution in [0.3, 0.4) is 0 Å². The summed E-state index contributed by atoms with van der Waals surface area (Å²) in [6.45, 7) is 5.59. The number of para-hydroxylation sites is 2. The van der Waals surface area contributed by atoms with Crippen LogP contribution in [0.5, 0.6) is 0 Å². The predicted octanol–water partition coefficient (Wildman–Crippen LogP) is 3.42. The summed E-state index contributed by atoms with van der Waals surface area (Å²) < 4.78 is 5.76. The lowest BCUT2D eigenvalue weighted by Gasteiger charge is -2.27. The molecule has 3 heterocycles. The first-order chi connectivity index (χ1) is 20.0. The number of nitrogens with one attached hydrogen (secondary N) is 3. The zero-order chi connectivity index (χ0) is 30.3. The number of nitrogens with zero attached hydrogens (tertiary/aromatic N) is 2. The molecule has 42 heavy (non-hydrogen) atoms. The van der Waals surface area contributed by atoms with E-state index < -0.39 is 23.7 Å². The average molecular weight is 613 g/mol. The van der Waals surface area contributed by atoms with Crippen LogP contribution in [0, 0.1) is 5.92 Å². The molecule has 224 valence electrons. The van der Waals surface area contributed by atoms with E-state index in [0.29, 0.717) is 45.7 Å². The van der Waals surface area contributed by atoms with Crippen LogP contribution in [-0.2, 0) is 30.5 Å². The number of carbonyl (C=O) groups excluding carboxylic acids is 4. The normalized spacial score (nSPS) is 23.3. The second kappa shape index (κ2) is 14.0. The number of thiazole rings is 1. The van der Waals surface area contributed by atoms with E-state index in [-0.39, 0.29) is 43.0 Å². The van der Waals surface area contributed by atoms with Gasteiger partial charge in [-0.1, -0.05) is 32.1 Å². The number of benzene rings is 1. The van der Waals surface area contributed by atoms with Crippen LogP contribution >= 0.6 is 23.1 Å². The Labute approximate surface area is 253 Å². The van der Waals surface area contributed by atoms with Gasteiger partial charge in [0.2, 0.25) is 17.7 Å². The molecule has 2 aromatic rings. The topological polar surface area (TPSA) is 165 Å². The van der Waals surface area contributed by atoms with Crippen molar-refractivity contribution in [3.8, 4) is 0 Å². The van der Waals surface area contributed by atoms with Gasteiger partial charge in [-0.25, -0.2) is 9.78 Å². The summed E-state index contributed by atoms with van der Waals surface area (Å²) in [5.74, 6) is -1.33. The zero-order valence-electron chi connectivity index (χ0n) is 23.8. The van der Waals surface area contributed by atoms with Crippen LogP contribution < -0.4 is 21.7 Å². The van der Waals surface area contributed by atoms with Crippen molar-refractivity contribution in [1.82, 2.24) is 15.6 Å². The number of hydrogen-bond acceptors (Lipinski definition) is 10. The van der Waals surface area contributed by atoms with Crippen molar-refractivity contribution in [2.45, 2.75) is 70.7 Å². The first-order valence-corrected chi connectivity index (χ1v) is 15.7. The van der Waals surface area contributed by atoms with Crippen LogP contribution in [0.15, 0.2) is 46.8 Å². The third-order valence-corrected chi connectivity index (χ3v) is 8.89. The summed E-state index contributed by atoms with van der Waals surface area (Å²) in [7, 11) is 0. The first-order valence-electron chi connectivity index (χ1n) is 13.8. The fraction of sp³-hybridized carbons (Fsp3) is 0.448. The smallest absolute Gasteiger partial charge is 0.329 e. The SMILES string of the molecule is CC(C)[C@@H]1NC(=O)[C@]2(C)CSC(=N2)c2csc(n2)CNC(=O)CC(/C=C/CCCC(=O)Nc2ccccc2N)OC1=O. The quantitative estimate of drug-likeness (QED) is 0.160. The van der Waals surface area contributed by atoms with E-state index in [1.165, 1.54) is 23.1 Å². The number of amides is 3. The van der Waals surface area contributed by atoms with E-state index in [1.807, 2.05) is 19.2 Å². The molecular formula is C29H36N6O5S2. The van der Waals surface area contributed by atoms with Crippen LogP contribution in [0.1, 0.15) is 57.2 Å². The maximum absolute atomic E-state index is 13.3. The molecule has 4 rings (SSSR count). The average Bonchev–Trinajstić information content (AvgIpc) is 3.58. The molecule has 1 aromatic carbocycles. The van der Waals surface area contributed by atoms with E-state index in [4.69, 9.17) is 10.5 Å². The van der Waals surface area contributed by atoms with E-state index in [0.717, 1.165) is 0 Å². The van der Waals surface area contributed by atoms with E-state index in [9.17, 15) is 19.2 Å². The van der Waals surface area contributed by atoms with E-state index in [1.54, 1.807) is 43.3 Å². The Morgan fingerprint density at radius 1 is 1.29 bits per heavy atom. The molecule has 13 heteroatoms. The fourth-order valence-corrected chi connectivity index (χ4v) is 6.21. The standard InChI is InChI=1S/C29H36N6O5S2/c1-17(2)25-27(38)40-18(9-5-4-6-12-22(36)32-20-11-8-7-10-19(20)30)13-23(37)31-14-24-33-21(15-41-24)26-35-29(3,16-42-26)28(39)34-25/h5,7-11,15,17-18,25H,4,6,12-14,16,30H2,1-3H3,(H,31,37)(H,32,36)(H,34,39)/b9-5+/t18?,25-,29-/m0/s1. The first kappa shape index (κ1) is 31.2. The molecule has 1 aromatic heterocycles. The molecule has 2 aliphatic heterocycles. The van der Waals surface area contributed by atoms with Crippen molar-refractivity contribution in [3.63, 3.8) is 0 Å². The van der Waals surface area contributed by atoms with Gasteiger partial charge in [-0.05, 0) is 43.9 Å². The third kappa shape index (κ3) is 8.19. The van der Waals surface area contributed by atoms with Crippen molar-refractivity contribution in [1.29, 1.82) is 0 Å². The van der Waals surface area contributed by atoms with Gasteiger partial charge in [0.25, 0.3) is 0 Å². The van der Waals surface area contributed by atoms with Crippen LogP contribution in [-0.4, -0.2) is 57.2 Å². The van der Waals surface area contributed by atoms with Crippen LogP contribution in [0.25, 0.3) is 0 Å². The predicted molar refractivity (Wildman–Crippen MR) is 165 cm³/mol. The van der Waals surface area contributed by atoms with Gasteiger partial charge in [0.05, 0.1) is 24.3 Å². The van der Waals surface area contributed by atoms with Crippen molar-refractivity contribution >= 4 is 63.2 Å². The van der Waals surface area contributed by atoms with E-state index >= 15 is 0 Å². The summed E-state index contributed by atoms with van der Waals surface area (Å²) in [6.07, 6.45) is 3.80. The largest absolute Gasteiger partial charge is 0.456 e. The van der Waals surface area contributed by atoms with Crippen molar-refractivity contribution in [3.05, 3.63) is 52.5 Å². The summed E-state index contributed by atoms with van der Waals surface area (Å²) >= 11 is 2.83. The number of nitrogens with two attached hydrogens (primary N) is 1. The minimum absolute atomic E-state index is 0.104. The van der Waals surface area contributed by atoms with Gasteiger partial charge in [0.15, 0.2) is 0 Å². The number of rotatable bonds is 7. The zero-order valence-corrected chi connectivity index (χ0v) is 25.5. The number of ether oxygens (including phenoxy) is 1. The molecule has 0 aliphatic carbocycles. The summed E-state index contributed by atoms with van der Waals surface area (Å²) in [6, 6.07) is 6.11. The number of carbonyl (C=O) groups is 4. The maximum Gasteiger partial charge on any atom is 0.329 e. The van der Waals surface area contributed by atoms with Crippen LogP contribution in [0.4, 0.5) is 11.4 Å². The lowest BCUT2D eigenvalue weighted by atomic mass is 10.0. The number of cyclic esters (lactones) is 1. The molecule has 0 saturated heterocycles. The Morgan fingerprint density at radius 2 is 2.07 bits per heavy atom. The molecule has 2 aliphatic rings. The monoisotopic (exact) mass is 612 g/mol. The van der Waals surface area contributed by atoms with Crippen molar-refractivity contribution in [2.75, 3.05) is 16.8 Å². The highest BCUT2D eigenvalue weighted by molar-refractivity contribution is 8.14. The van der Waals surface area contributed by atoms with Crippen molar-refractivity contribution < 1.29 is 23.9 Å². The van der Waals surface area contributed by atoms with Gasteiger partial charge in [0.1, 0.15) is 33.4 Å². The Balaban J connectivity index is 1.43. The fourth-order valence-electron chi connectivity index (χ4n) is 4.28. The maximum atomic E-state index is 13.3. The number of aliphatic imine (C=N–C) groups is 1. The highest BCUT2D eigenvalue weighted by Crippen LogP contribution is 2.32. The van der Waals surface area contributed by atoms with Gasteiger partial charge < -0.3 is 26.4 Å². The second-order valence-corrected chi connectivity index (χ2v) is 12.6. The number of unbranched alkanes of at least 4 members (excludes halogenated alkanes) is 1. The third-order valence-electron chi connectivity index (χ3n) is 6.76. The number of nitrogen functional groups attached to an aromatic ring is 1. The van der Waals surface area contributed by atoms with Gasteiger partial charge in [-0.15, -0.1) is 23.1 Å². The molecule has 11 nitrogen and oxygen atoms in total. The van der Waals surface area contributed by atoms with Gasteiger partial charge in [-0.3, -0.25) is 19.4 Å². The number of allylic oxidation sites excluding steroid dienone is 1. The molecule has 5 N–H and O–H groups in total. The lowest BCUT2D eigenvalue weighted by Crippen LogP contribution is -2.53. The van der Waals surface area contributed by atoms with E-state index in [2.05, 4.69) is 25.9 Å². The number of esters is 1. The molecule has 0 saturated carbocycles. The van der Waals surface area contributed by atoms with Gasteiger partial charge in [0, 0.05) is 17.6 Å². The summed E-state index contributed by atoms with van der Waals surface area (Å²) in [4.78, 5) is 60.9. The Hall–Kier alpha value is -3.71. The van der Waals surface area contributed by atoms with Crippen LogP contribution in [0.2, 0.25) is 0 Å². The summed E-state index contributed by atoms with van der Waals surface area (Å²) in [5, 5.41) is 11.7. The molecule has 0 fully saturated rings. The lowest BCUT2D eigenvalue weighted by molar-refractivity contribution is -0.153. The van der Waals surface area contributed by atoms with Crippen molar-refractivity contribution in [2.24, 2.45) is 10.9 Å². The van der Waals surface area contributed by atoms with Gasteiger partial charge in [-0.2, -0.15) is 0 Å². The molecular weight excluding hydrogens is 576 g/mol. The molecule has 3 atom stereocenters. The molecule has 0 radical (unpaired) electrons. The second-order valence-electron chi connectivity index (χ2n) is 10.7. The molecule has 1 unspecified atom stereocenters. The minimum atomic E-state index is -1.06. The molecule has 4 bridgehead atoms. The highest BCUT2D eigenvalue weighted by Gasteiger charge is 2.41. The van der Waals surface area contributed by atoms with Gasteiger partial charge >= 0.3 is 5.97 Å². The number of hydrogen-bond donors (Lipinski definition) is 4. The Morgan fingerprint density at radius 3 is 2.83 bits per heavy atom. The highest BCUT2D eigenvalue weighted by atomic mass is 32.2. The number of aromatic nitrogens is 1. The Bertz CT molecular complexity index is 1390. The number of thioether (sulfide) groups is 1. The summed E-state index contributed by atoms with van der Waals surface area (Å²) in [5.41, 5.74) is 6.55. The number of anilines is 2. The molecule has 0 spiro atoms.